The molecule has 1 aromatic carbocycles. The molecule has 6 heteroatoms. The highest BCUT2D eigenvalue weighted by atomic mass is 16.5. The predicted molar refractivity (Wildman–Crippen MR) is 80.3 cm³/mol. The van der Waals surface area contributed by atoms with Crippen LogP contribution in [-0.2, 0) is 9.53 Å². The first-order chi connectivity index (χ1) is 10.4. The third kappa shape index (κ3) is 2.92. The smallest absolute Gasteiger partial charge is 0.326 e. The first-order valence-corrected chi connectivity index (χ1v) is 7.10. The monoisotopic (exact) mass is 307 g/mol. The lowest BCUT2D eigenvalue weighted by molar-refractivity contribution is -0.141. The SMILES string of the molecule is COc1c(C)cc(C(=O)N2CC(OC)CC2C(=O)O)cc1C. The topological polar surface area (TPSA) is 76.1 Å². The zero-order valence-electron chi connectivity index (χ0n) is 13.3. The zero-order chi connectivity index (χ0) is 16.4. The van der Waals surface area contributed by atoms with E-state index >= 15 is 0 Å². The standard InChI is InChI=1S/C16H21NO5/c1-9-5-11(6-10(2)14(9)22-4)15(18)17-8-12(21-3)7-13(17)16(19)20/h5-6,12-13H,7-8H2,1-4H3,(H,19,20). The first kappa shape index (κ1) is 16.3. The van der Waals surface area contributed by atoms with Gasteiger partial charge in [0.1, 0.15) is 11.8 Å². The van der Waals surface area contributed by atoms with Crippen LogP contribution >= 0.6 is 0 Å². The molecule has 0 saturated carbocycles. The Hall–Kier alpha value is -2.08. The molecule has 1 heterocycles. The lowest BCUT2D eigenvalue weighted by Gasteiger charge is -2.22. The minimum Gasteiger partial charge on any atom is -0.496 e. The van der Waals surface area contributed by atoms with E-state index in [9.17, 15) is 14.7 Å². The summed E-state index contributed by atoms with van der Waals surface area (Å²) in [7, 11) is 3.11. The Labute approximate surface area is 129 Å². The maximum absolute atomic E-state index is 12.7. The molecule has 2 rings (SSSR count). The number of carbonyl (C=O) groups is 2. The fourth-order valence-corrected chi connectivity index (χ4v) is 2.99. The lowest BCUT2D eigenvalue weighted by Crippen LogP contribution is -2.40. The fourth-order valence-electron chi connectivity index (χ4n) is 2.99. The maximum atomic E-state index is 12.7. The molecule has 1 fully saturated rings. The molecule has 0 aromatic heterocycles. The summed E-state index contributed by atoms with van der Waals surface area (Å²) < 4.78 is 10.5. The van der Waals surface area contributed by atoms with Gasteiger partial charge in [-0.25, -0.2) is 4.79 Å². The van der Waals surface area contributed by atoms with Gasteiger partial charge in [0.05, 0.1) is 13.2 Å². The Balaban J connectivity index is 2.32. The molecule has 1 amide bonds. The number of benzene rings is 1. The van der Waals surface area contributed by atoms with Gasteiger partial charge in [-0.1, -0.05) is 0 Å². The van der Waals surface area contributed by atoms with Crippen molar-refractivity contribution in [3.8, 4) is 5.75 Å². The average Bonchev–Trinajstić information content (AvgIpc) is 2.90. The second-order valence-electron chi connectivity index (χ2n) is 5.55. The summed E-state index contributed by atoms with van der Waals surface area (Å²) in [4.78, 5) is 25.4. The molecule has 0 bridgehead atoms. The molecular formula is C16H21NO5. The molecule has 2 atom stereocenters. The molecule has 120 valence electrons. The maximum Gasteiger partial charge on any atom is 0.326 e. The van der Waals surface area contributed by atoms with Gasteiger partial charge in [-0.15, -0.1) is 0 Å². The molecule has 1 aliphatic rings. The molecule has 22 heavy (non-hydrogen) atoms. The molecule has 1 saturated heterocycles. The molecular weight excluding hydrogens is 286 g/mol. The Morgan fingerprint density at radius 1 is 1.23 bits per heavy atom. The van der Waals surface area contributed by atoms with Gasteiger partial charge in [0.15, 0.2) is 0 Å². The Bertz CT molecular complexity index is 575. The van der Waals surface area contributed by atoms with Crippen LogP contribution in [0.25, 0.3) is 0 Å². The van der Waals surface area contributed by atoms with Crippen LogP contribution in [-0.4, -0.2) is 54.8 Å². The van der Waals surface area contributed by atoms with E-state index in [1.807, 2.05) is 13.8 Å². The van der Waals surface area contributed by atoms with Crippen molar-refractivity contribution < 1.29 is 24.2 Å². The number of carboxylic acid groups (broad SMARTS) is 1. The van der Waals surface area contributed by atoms with Gasteiger partial charge in [0.25, 0.3) is 5.91 Å². The summed E-state index contributed by atoms with van der Waals surface area (Å²) in [6, 6.07) is 2.61. The lowest BCUT2D eigenvalue weighted by atomic mass is 10.0. The number of ether oxygens (including phenoxy) is 2. The fraction of sp³-hybridized carbons (Fsp3) is 0.500. The summed E-state index contributed by atoms with van der Waals surface area (Å²) in [5, 5.41) is 9.31. The molecule has 0 radical (unpaired) electrons. The molecule has 1 aromatic rings. The van der Waals surface area contributed by atoms with Crippen LogP contribution in [0.5, 0.6) is 5.75 Å². The highest BCUT2D eigenvalue weighted by Gasteiger charge is 2.40. The highest BCUT2D eigenvalue weighted by molar-refractivity contribution is 5.97. The van der Waals surface area contributed by atoms with Gasteiger partial charge in [0.2, 0.25) is 0 Å². The summed E-state index contributed by atoms with van der Waals surface area (Å²) in [6.07, 6.45) is 0.0663. The number of carbonyl (C=O) groups excluding carboxylic acids is 1. The number of nitrogens with zero attached hydrogens (tertiary/aromatic N) is 1. The van der Waals surface area contributed by atoms with Crippen molar-refractivity contribution in [2.45, 2.75) is 32.4 Å². The first-order valence-electron chi connectivity index (χ1n) is 7.10. The number of aliphatic carboxylic acids is 1. The second kappa shape index (κ2) is 6.36. The van der Waals surface area contributed by atoms with Gasteiger partial charge >= 0.3 is 5.97 Å². The van der Waals surface area contributed by atoms with Gasteiger partial charge < -0.3 is 19.5 Å². The second-order valence-corrected chi connectivity index (χ2v) is 5.55. The van der Waals surface area contributed by atoms with Crippen LogP contribution in [0.2, 0.25) is 0 Å². The van der Waals surface area contributed by atoms with Crippen LogP contribution in [0.15, 0.2) is 12.1 Å². The third-order valence-corrected chi connectivity index (χ3v) is 4.05. The quantitative estimate of drug-likeness (QED) is 0.915. The normalized spacial score (nSPS) is 21.0. The van der Waals surface area contributed by atoms with Crippen molar-refractivity contribution in [1.29, 1.82) is 0 Å². The summed E-state index contributed by atoms with van der Waals surface area (Å²) in [6.45, 7) is 4.01. The Kier molecular flexibility index (Phi) is 4.71. The van der Waals surface area contributed by atoms with Crippen molar-refractivity contribution in [3.05, 3.63) is 28.8 Å². The van der Waals surface area contributed by atoms with Gasteiger partial charge in [0, 0.05) is 25.6 Å². The number of carboxylic acids is 1. The van der Waals surface area contributed by atoms with Crippen LogP contribution in [0.4, 0.5) is 0 Å². The van der Waals surface area contributed by atoms with Crippen LogP contribution < -0.4 is 4.74 Å². The summed E-state index contributed by atoms with van der Waals surface area (Å²) >= 11 is 0. The molecule has 1 aliphatic heterocycles. The van der Waals surface area contributed by atoms with E-state index in [-0.39, 0.29) is 18.6 Å². The number of likely N-dealkylation sites (tertiary alicyclic amines) is 1. The molecule has 2 unspecified atom stereocenters. The van der Waals surface area contributed by atoms with Crippen molar-refractivity contribution in [3.63, 3.8) is 0 Å². The van der Waals surface area contributed by atoms with Crippen molar-refractivity contribution in [2.24, 2.45) is 0 Å². The van der Waals surface area contributed by atoms with E-state index in [0.717, 1.165) is 16.9 Å². The average molecular weight is 307 g/mol. The largest absolute Gasteiger partial charge is 0.496 e. The van der Waals surface area contributed by atoms with Crippen LogP contribution in [0, 0.1) is 13.8 Å². The Morgan fingerprint density at radius 2 is 1.82 bits per heavy atom. The minimum absolute atomic E-state index is 0.245. The van der Waals surface area contributed by atoms with Gasteiger partial charge in [-0.2, -0.15) is 0 Å². The van der Waals surface area contributed by atoms with Crippen molar-refractivity contribution in [2.75, 3.05) is 20.8 Å². The van der Waals surface area contributed by atoms with Crippen LogP contribution in [0.1, 0.15) is 27.9 Å². The number of amides is 1. The van der Waals surface area contributed by atoms with E-state index in [2.05, 4.69) is 0 Å². The molecule has 6 nitrogen and oxygen atoms in total. The van der Waals surface area contributed by atoms with E-state index in [4.69, 9.17) is 9.47 Å². The van der Waals surface area contributed by atoms with E-state index in [0.29, 0.717) is 12.0 Å². The summed E-state index contributed by atoms with van der Waals surface area (Å²) in [5.41, 5.74) is 2.17. The number of hydrogen-bond donors (Lipinski definition) is 1. The number of methoxy groups -OCH3 is 2. The Morgan fingerprint density at radius 3 is 2.27 bits per heavy atom. The van der Waals surface area contributed by atoms with E-state index in [1.54, 1.807) is 19.2 Å². The highest BCUT2D eigenvalue weighted by Crippen LogP contribution is 2.27. The van der Waals surface area contributed by atoms with Crippen molar-refractivity contribution >= 4 is 11.9 Å². The number of hydrogen-bond acceptors (Lipinski definition) is 4. The van der Waals surface area contributed by atoms with E-state index < -0.39 is 12.0 Å². The third-order valence-electron chi connectivity index (χ3n) is 4.05. The molecule has 1 N–H and O–H groups in total. The van der Waals surface area contributed by atoms with E-state index in [1.165, 1.54) is 12.0 Å². The van der Waals surface area contributed by atoms with Crippen molar-refractivity contribution in [1.82, 2.24) is 4.90 Å². The summed E-state index contributed by atoms with van der Waals surface area (Å²) in [5.74, 6) is -0.557. The number of rotatable bonds is 4. The molecule has 0 aliphatic carbocycles. The van der Waals surface area contributed by atoms with Gasteiger partial charge in [-0.3, -0.25) is 4.79 Å². The zero-order valence-corrected chi connectivity index (χ0v) is 13.3. The molecule has 0 spiro atoms. The predicted octanol–water partition coefficient (Wildman–Crippen LogP) is 1.63. The van der Waals surface area contributed by atoms with Crippen LogP contribution in [0.3, 0.4) is 0 Å². The minimum atomic E-state index is -1.00. The van der Waals surface area contributed by atoms with Gasteiger partial charge in [-0.05, 0) is 37.1 Å². The number of aryl methyl sites for hydroxylation is 2.